The number of rotatable bonds is 3. The number of hydrogen-bond acceptors (Lipinski definition) is 5. The molecule has 2 heterocycles. The normalized spacial score (nSPS) is 21.7. The molecule has 2 N–H and O–H groups in total. The molecule has 0 amide bonds. The number of nitrogens with zero attached hydrogens (tertiary/aromatic N) is 3. The first kappa shape index (κ1) is 11.0. The van der Waals surface area contributed by atoms with Crippen molar-refractivity contribution in [2.45, 2.75) is 32.4 Å². The van der Waals surface area contributed by atoms with Gasteiger partial charge in [0.2, 0.25) is 0 Å². The maximum atomic E-state index is 5.91. The highest BCUT2D eigenvalue weighted by Gasteiger charge is 2.21. The number of nitrogens with two attached hydrogens (primary N) is 1. The van der Waals surface area contributed by atoms with E-state index in [9.17, 15) is 0 Å². The summed E-state index contributed by atoms with van der Waals surface area (Å²) in [7, 11) is 0. The summed E-state index contributed by atoms with van der Waals surface area (Å²) in [5.74, 6) is 0.704. The van der Waals surface area contributed by atoms with Gasteiger partial charge in [-0.25, -0.2) is 0 Å². The lowest BCUT2D eigenvalue weighted by molar-refractivity contribution is 0.164. The quantitative estimate of drug-likeness (QED) is 0.838. The van der Waals surface area contributed by atoms with E-state index < -0.39 is 0 Å². The molecule has 5 heteroatoms. The molecule has 1 unspecified atom stereocenters. The van der Waals surface area contributed by atoms with Crippen LogP contribution < -0.4 is 5.73 Å². The molecule has 1 aromatic rings. The van der Waals surface area contributed by atoms with Gasteiger partial charge in [-0.3, -0.25) is 4.90 Å². The van der Waals surface area contributed by atoms with Gasteiger partial charge in [0.05, 0.1) is 5.69 Å². The van der Waals surface area contributed by atoms with Crippen LogP contribution in [-0.2, 0) is 6.54 Å². The Labute approximate surface area is 94.6 Å². The summed E-state index contributed by atoms with van der Waals surface area (Å²) < 4.78 is 3.88. The summed E-state index contributed by atoms with van der Waals surface area (Å²) in [6.45, 7) is 5.35. The Hall–Kier alpha value is -0.520. The van der Waals surface area contributed by atoms with Crippen LogP contribution in [0.3, 0.4) is 0 Å². The third-order valence-electron chi connectivity index (χ3n) is 3.17. The molecule has 1 saturated heterocycles. The SMILES string of the molecule is CC(N)C1CCN(Cc2csnn2)CC1. The van der Waals surface area contributed by atoms with Crippen LogP contribution in [0.4, 0.5) is 0 Å². The highest BCUT2D eigenvalue weighted by molar-refractivity contribution is 7.03. The molecule has 0 saturated carbocycles. The molecule has 1 aliphatic rings. The monoisotopic (exact) mass is 226 g/mol. The molecule has 15 heavy (non-hydrogen) atoms. The van der Waals surface area contributed by atoms with Crippen LogP contribution in [0, 0.1) is 5.92 Å². The lowest BCUT2D eigenvalue weighted by atomic mass is 9.91. The summed E-state index contributed by atoms with van der Waals surface area (Å²) in [5, 5.41) is 6.09. The predicted octanol–water partition coefficient (Wildman–Crippen LogP) is 1.10. The Morgan fingerprint density at radius 3 is 2.87 bits per heavy atom. The highest BCUT2D eigenvalue weighted by atomic mass is 32.1. The molecule has 1 aromatic heterocycles. The van der Waals surface area contributed by atoms with Gasteiger partial charge in [0.25, 0.3) is 0 Å². The van der Waals surface area contributed by atoms with Gasteiger partial charge in [0, 0.05) is 18.0 Å². The fourth-order valence-electron chi connectivity index (χ4n) is 2.12. The van der Waals surface area contributed by atoms with Crippen molar-refractivity contribution in [3.63, 3.8) is 0 Å². The van der Waals surface area contributed by atoms with Gasteiger partial charge in [-0.1, -0.05) is 4.49 Å². The maximum Gasteiger partial charge on any atom is 0.0895 e. The van der Waals surface area contributed by atoms with Crippen LogP contribution in [0.25, 0.3) is 0 Å². The van der Waals surface area contributed by atoms with Gasteiger partial charge in [-0.2, -0.15) is 0 Å². The minimum Gasteiger partial charge on any atom is -0.328 e. The van der Waals surface area contributed by atoms with Gasteiger partial charge < -0.3 is 5.73 Å². The van der Waals surface area contributed by atoms with Crippen LogP contribution in [0.2, 0.25) is 0 Å². The first-order chi connectivity index (χ1) is 7.25. The number of piperidine rings is 1. The fraction of sp³-hybridized carbons (Fsp3) is 0.800. The average molecular weight is 226 g/mol. The lowest BCUT2D eigenvalue weighted by Gasteiger charge is -2.33. The second kappa shape index (κ2) is 5.01. The molecular formula is C10H18N4S. The third kappa shape index (κ3) is 2.96. The van der Waals surface area contributed by atoms with Crippen LogP contribution in [0.5, 0.6) is 0 Å². The largest absolute Gasteiger partial charge is 0.328 e. The van der Waals surface area contributed by atoms with E-state index in [1.807, 2.05) is 5.38 Å². The summed E-state index contributed by atoms with van der Waals surface area (Å²) in [6.07, 6.45) is 2.43. The topological polar surface area (TPSA) is 55.0 Å². The molecule has 2 rings (SSSR count). The molecule has 0 bridgehead atoms. The van der Waals surface area contributed by atoms with Crippen molar-refractivity contribution in [3.8, 4) is 0 Å². The van der Waals surface area contributed by atoms with E-state index in [0.717, 1.165) is 25.3 Å². The third-order valence-corrected chi connectivity index (χ3v) is 3.72. The predicted molar refractivity (Wildman–Crippen MR) is 61.6 cm³/mol. The molecule has 0 aromatic carbocycles. The van der Waals surface area contributed by atoms with Gasteiger partial charge in [0.15, 0.2) is 0 Å². The van der Waals surface area contributed by atoms with E-state index in [1.54, 1.807) is 0 Å². The smallest absolute Gasteiger partial charge is 0.0895 e. The number of aromatic nitrogens is 2. The first-order valence-corrected chi connectivity index (χ1v) is 6.33. The fourth-order valence-corrected chi connectivity index (χ4v) is 2.56. The van der Waals surface area contributed by atoms with Crippen molar-refractivity contribution in [3.05, 3.63) is 11.1 Å². The van der Waals surface area contributed by atoms with E-state index >= 15 is 0 Å². The molecular weight excluding hydrogens is 208 g/mol. The molecule has 1 atom stereocenters. The second-order valence-corrected chi connectivity index (χ2v) is 4.98. The number of hydrogen-bond donors (Lipinski definition) is 1. The molecule has 1 aliphatic heterocycles. The lowest BCUT2D eigenvalue weighted by Crippen LogP contribution is -2.39. The highest BCUT2D eigenvalue weighted by Crippen LogP contribution is 2.20. The Morgan fingerprint density at radius 2 is 2.33 bits per heavy atom. The second-order valence-electron chi connectivity index (χ2n) is 4.37. The van der Waals surface area contributed by atoms with E-state index in [-0.39, 0.29) is 0 Å². The van der Waals surface area contributed by atoms with Gasteiger partial charge in [0.1, 0.15) is 0 Å². The van der Waals surface area contributed by atoms with Crippen molar-refractivity contribution < 1.29 is 0 Å². The van der Waals surface area contributed by atoms with E-state index in [0.29, 0.717) is 12.0 Å². The van der Waals surface area contributed by atoms with Crippen LogP contribution in [0.15, 0.2) is 5.38 Å². The standard InChI is InChI=1S/C10H18N4S/c1-8(11)9-2-4-14(5-3-9)6-10-7-15-13-12-10/h7-9H,2-6,11H2,1H3. The molecule has 1 fully saturated rings. The average Bonchev–Trinajstić information content (AvgIpc) is 2.71. The minimum atomic E-state index is 0.341. The Balaban J connectivity index is 1.79. The summed E-state index contributed by atoms with van der Waals surface area (Å²) >= 11 is 1.43. The van der Waals surface area contributed by atoms with E-state index in [4.69, 9.17) is 5.73 Å². The summed E-state index contributed by atoms with van der Waals surface area (Å²) in [5.41, 5.74) is 7.01. The van der Waals surface area contributed by atoms with Crippen molar-refractivity contribution in [1.29, 1.82) is 0 Å². The Bertz CT molecular complexity index is 278. The molecule has 4 nitrogen and oxygen atoms in total. The Morgan fingerprint density at radius 1 is 1.60 bits per heavy atom. The first-order valence-electron chi connectivity index (χ1n) is 5.49. The Kier molecular flexibility index (Phi) is 3.66. The van der Waals surface area contributed by atoms with Crippen molar-refractivity contribution in [2.24, 2.45) is 11.7 Å². The zero-order chi connectivity index (χ0) is 10.7. The molecule has 84 valence electrons. The minimum absolute atomic E-state index is 0.341. The van der Waals surface area contributed by atoms with Crippen LogP contribution >= 0.6 is 11.5 Å². The van der Waals surface area contributed by atoms with Gasteiger partial charge in [-0.15, -0.1) is 5.10 Å². The molecule has 0 radical (unpaired) electrons. The zero-order valence-electron chi connectivity index (χ0n) is 9.09. The van der Waals surface area contributed by atoms with E-state index in [1.165, 1.54) is 24.4 Å². The maximum absolute atomic E-state index is 5.91. The molecule has 0 aliphatic carbocycles. The van der Waals surface area contributed by atoms with Crippen LogP contribution in [0.1, 0.15) is 25.5 Å². The zero-order valence-corrected chi connectivity index (χ0v) is 9.91. The van der Waals surface area contributed by atoms with Crippen molar-refractivity contribution in [1.82, 2.24) is 14.5 Å². The van der Waals surface area contributed by atoms with Crippen molar-refractivity contribution in [2.75, 3.05) is 13.1 Å². The van der Waals surface area contributed by atoms with Crippen molar-refractivity contribution >= 4 is 11.5 Å². The summed E-state index contributed by atoms with van der Waals surface area (Å²) in [6, 6.07) is 0.341. The van der Waals surface area contributed by atoms with E-state index in [2.05, 4.69) is 21.4 Å². The van der Waals surface area contributed by atoms with Gasteiger partial charge >= 0.3 is 0 Å². The van der Waals surface area contributed by atoms with Gasteiger partial charge in [-0.05, 0) is 50.3 Å². The van der Waals surface area contributed by atoms with Crippen LogP contribution in [-0.4, -0.2) is 33.6 Å². The summed E-state index contributed by atoms with van der Waals surface area (Å²) in [4.78, 5) is 2.44. The number of likely N-dealkylation sites (tertiary alicyclic amines) is 1. The molecule has 0 spiro atoms.